The summed E-state index contributed by atoms with van der Waals surface area (Å²) in [5.74, 6) is -1.31. The number of halogens is 1. The van der Waals surface area contributed by atoms with Crippen LogP contribution in [0.2, 0.25) is 5.02 Å². The molecule has 0 aliphatic heterocycles. The van der Waals surface area contributed by atoms with Crippen molar-refractivity contribution in [3.63, 3.8) is 0 Å². The maximum atomic E-state index is 11.8. The normalized spacial score (nSPS) is 10.0. The van der Waals surface area contributed by atoms with Crippen molar-refractivity contribution in [1.29, 1.82) is 0 Å². The summed E-state index contributed by atoms with van der Waals surface area (Å²) >= 11 is 5.99. The molecule has 0 atom stereocenters. The second kappa shape index (κ2) is 7.47. The molecule has 0 aromatic heterocycles. The van der Waals surface area contributed by atoms with Crippen LogP contribution in [0.5, 0.6) is 5.75 Å². The number of hydrogen-bond donors (Lipinski definition) is 2. The summed E-state index contributed by atoms with van der Waals surface area (Å²) < 4.78 is 5.25. The standard InChI is InChI=1S/C16H14ClNO4/c17-13-7-3-1-5-11(13)9-18-15(19)10-22-14-8-4-2-6-12(14)16(20)21/h1-8H,9-10H2,(H,18,19)(H,20,21). The van der Waals surface area contributed by atoms with Gasteiger partial charge in [-0.05, 0) is 23.8 Å². The van der Waals surface area contributed by atoms with E-state index >= 15 is 0 Å². The van der Waals surface area contributed by atoms with Gasteiger partial charge in [0.2, 0.25) is 0 Å². The Morgan fingerprint density at radius 2 is 1.77 bits per heavy atom. The maximum Gasteiger partial charge on any atom is 0.339 e. The summed E-state index contributed by atoms with van der Waals surface area (Å²) in [5, 5.41) is 12.3. The number of hydrogen-bond acceptors (Lipinski definition) is 3. The lowest BCUT2D eigenvalue weighted by molar-refractivity contribution is -0.123. The van der Waals surface area contributed by atoms with Crippen LogP contribution in [-0.2, 0) is 11.3 Å². The Hall–Kier alpha value is -2.53. The number of para-hydroxylation sites is 1. The van der Waals surface area contributed by atoms with Gasteiger partial charge in [0, 0.05) is 11.6 Å². The van der Waals surface area contributed by atoms with E-state index in [1.165, 1.54) is 12.1 Å². The third-order valence-corrected chi connectivity index (χ3v) is 3.28. The van der Waals surface area contributed by atoms with E-state index in [0.717, 1.165) is 5.56 Å². The first kappa shape index (κ1) is 15.9. The Balaban J connectivity index is 1.89. The van der Waals surface area contributed by atoms with Crippen LogP contribution in [0.1, 0.15) is 15.9 Å². The highest BCUT2D eigenvalue weighted by Crippen LogP contribution is 2.17. The smallest absolute Gasteiger partial charge is 0.339 e. The Morgan fingerprint density at radius 1 is 1.09 bits per heavy atom. The summed E-state index contributed by atoms with van der Waals surface area (Å²) in [4.78, 5) is 22.8. The minimum atomic E-state index is -1.10. The number of ether oxygens (including phenoxy) is 1. The van der Waals surface area contributed by atoms with Crippen LogP contribution in [0.15, 0.2) is 48.5 Å². The average molecular weight is 320 g/mol. The molecule has 0 bridgehead atoms. The van der Waals surface area contributed by atoms with E-state index in [9.17, 15) is 9.59 Å². The molecule has 5 nitrogen and oxygen atoms in total. The zero-order valence-corrected chi connectivity index (χ0v) is 12.3. The van der Waals surface area contributed by atoms with Gasteiger partial charge >= 0.3 is 5.97 Å². The van der Waals surface area contributed by atoms with Gasteiger partial charge in [0.15, 0.2) is 6.61 Å². The minimum absolute atomic E-state index is 0.0152. The van der Waals surface area contributed by atoms with E-state index < -0.39 is 5.97 Å². The second-order valence-electron chi connectivity index (χ2n) is 4.46. The molecule has 0 unspecified atom stereocenters. The highest BCUT2D eigenvalue weighted by Gasteiger charge is 2.11. The Labute approximate surface area is 132 Å². The molecule has 2 N–H and O–H groups in total. The molecule has 22 heavy (non-hydrogen) atoms. The van der Waals surface area contributed by atoms with Gasteiger partial charge < -0.3 is 15.2 Å². The Morgan fingerprint density at radius 3 is 2.50 bits per heavy atom. The quantitative estimate of drug-likeness (QED) is 0.858. The molecular formula is C16H14ClNO4. The van der Waals surface area contributed by atoms with Crippen LogP contribution < -0.4 is 10.1 Å². The Bertz CT molecular complexity index is 687. The highest BCUT2D eigenvalue weighted by molar-refractivity contribution is 6.31. The number of carbonyl (C=O) groups excluding carboxylic acids is 1. The van der Waals surface area contributed by atoms with E-state index in [1.54, 1.807) is 24.3 Å². The second-order valence-corrected chi connectivity index (χ2v) is 4.87. The van der Waals surface area contributed by atoms with Crippen molar-refractivity contribution in [2.45, 2.75) is 6.54 Å². The molecule has 0 saturated heterocycles. The molecule has 0 radical (unpaired) electrons. The van der Waals surface area contributed by atoms with Gasteiger partial charge in [0.25, 0.3) is 5.91 Å². The van der Waals surface area contributed by atoms with Gasteiger partial charge in [-0.1, -0.05) is 41.9 Å². The summed E-state index contributed by atoms with van der Waals surface area (Å²) in [6, 6.07) is 13.3. The number of nitrogens with one attached hydrogen (secondary N) is 1. The number of aromatic carboxylic acids is 1. The van der Waals surface area contributed by atoms with Crippen molar-refractivity contribution in [2.24, 2.45) is 0 Å². The molecule has 0 aliphatic rings. The van der Waals surface area contributed by atoms with Crippen LogP contribution >= 0.6 is 11.6 Å². The molecule has 0 fully saturated rings. The van der Waals surface area contributed by atoms with E-state index in [2.05, 4.69) is 5.32 Å². The number of amides is 1. The summed E-state index contributed by atoms with van der Waals surface area (Å²) in [6.07, 6.45) is 0. The van der Waals surface area contributed by atoms with Gasteiger partial charge in [-0.25, -0.2) is 4.79 Å². The molecule has 1 amide bonds. The largest absolute Gasteiger partial charge is 0.483 e. The van der Waals surface area contributed by atoms with Crippen molar-refractivity contribution in [2.75, 3.05) is 6.61 Å². The molecule has 2 rings (SSSR count). The van der Waals surface area contributed by atoms with Gasteiger partial charge in [0.1, 0.15) is 11.3 Å². The van der Waals surface area contributed by atoms with Crippen LogP contribution in [0, 0.1) is 0 Å². The number of carboxylic acid groups (broad SMARTS) is 1. The lowest BCUT2D eigenvalue weighted by atomic mass is 10.2. The third-order valence-electron chi connectivity index (χ3n) is 2.91. The van der Waals surface area contributed by atoms with Crippen molar-refractivity contribution in [3.8, 4) is 5.75 Å². The average Bonchev–Trinajstić information content (AvgIpc) is 2.52. The SMILES string of the molecule is O=C(COc1ccccc1C(=O)O)NCc1ccccc1Cl. The lowest BCUT2D eigenvalue weighted by Gasteiger charge is -2.10. The number of carboxylic acids is 1. The molecule has 114 valence electrons. The fourth-order valence-corrected chi connectivity index (χ4v) is 2.00. The molecule has 0 aliphatic carbocycles. The molecule has 2 aromatic rings. The first-order valence-corrected chi connectivity index (χ1v) is 6.91. The highest BCUT2D eigenvalue weighted by atomic mass is 35.5. The van der Waals surface area contributed by atoms with Crippen LogP contribution in [0.3, 0.4) is 0 Å². The fourth-order valence-electron chi connectivity index (χ4n) is 1.80. The zero-order valence-electron chi connectivity index (χ0n) is 11.6. The van der Waals surface area contributed by atoms with E-state index in [-0.39, 0.29) is 30.4 Å². The minimum Gasteiger partial charge on any atom is -0.483 e. The zero-order chi connectivity index (χ0) is 15.9. The van der Waals surface area contributed by atoms with Crippen LogP contribution in [0.25, 0.3) is 0 Å². The maximum absolute atomic E-state index is 11.8. The number of carbonyl (C=O) groups is 2. The van der Waals surface area contributed by atoms with Gasteiger partial charge in [-0.3, -0.25) is 4.79 Å². The van der Waals surface area contributed by atoms with Gasteiger partial charge in [-0.15, -0.1) is 0 Å². The number of benzene rings is 2. The van der Waals surface area contributed by atoms with Gasteiger partial charge in [-0.2, -0.15) is 0 Å². The van der Waals surface area contributed by atoms with E-state index in [0.29, 0.717) is 5.02 Å². The fraction of sp³-hybridized carbons (Fsp3) is 0.125. The monoisotopic (exact) mass is 319 g/mol. The third kappa shape index (κ3) is 4.23. The van der Waals surface area contributed by atoms with E-state index in [1.807, 2.05) is 12.1 Å². The molecule has 0 spiro atoms. The van der Waals surface area contributed by atoms with Crippen molar-refractivity contribution in [1.82, 2.24) is 5.32 Å². The molecule has 6 heteroatoms. The lowest BCUT2D eigenvalue weighted by Crippen LogP contribution is -2.28. The number of rotatable bonds is 6. The summed E-state index contributed by atoms with van der Waals surface area (Å²) in [5.41, 5.74) is 0.810. The van der Waals surface area contributed by atoms with Crippen molar-refractivity contribution in [3.05, 3.63) is 64.7 Å². The van der Waals surface area contributed by atoms with E-state index in [4.69, 9.17) is 21.4 Å². The summed E-state index contributed by atoms with van der Waals surface area (Å²) in [7, 11) is 0. The van der Waals surface area contributed by atoms with Gasteiger partial charge in [0.05, 0.1) is 0 Å². The molecule has 2 aromatic carbocycles. The first-order valence-electron chi connectivity index (χ1n) is 6.53. The van der Waals surface area contributed by atoms with Crippen molar-refractivity contribution >= 4 is 23.5 Å². The van der Waals surface area contributed by atoms with Crippen molar-refractivity contribution < 1.29 is 19.4 Å². The predicted molar refractivity (Wildman–Crippen MR) is 82.2 cm³/mol. The first-order chi connectivity index (χ1) is 10.6. The molecular weight excluding hydrogens is 306 g/mol. The molecule has 0 saturated carbocycles. The predicted octanol–water partition coefficient (Wildman–Crippen LogP) is 2.73. The molecule has 0 heterocycles. The van der Waals surface area contributed by atoms with Crippen LogP contribution in [-0.4, -0.2) is 23.6 Å². The topological polar surface area (TPSA) is 75.6 Å². The summed E-state index contributed by atoms with van der Waals surface area (Å²) in [6.45, 7) is 0.0111. The van der Waals surface area contributed by atoms with Crippen LogP contribution in [0.4, 0.5) is 0 Å². The Kier molecular flexibility index (Phi) is 5.38.